The van der Waals surface area contributed by atoms with E-state index in [9.17, 15) is 4.79 Å². The van der Waals surface area contributed by atoms with Crippen molar-refractivity contribution in [3.8, 4) is 0 Å². The number of nitrogens with zero attached hydrogens (tertiary/aromatic N) is 1. The third-order valence-corrected chi connectivity index (χ3v) is 3.61. The van der Waals surface area contributed by atoms with Gasteiger partial charge in [0, 0.05) is 23.2 Å². The Balaban J connectivity index is 2.08. The number of primary amides is 1. The number of carbonyl (C=O) groups excluding carboxylic acids is 1. The topological polar surface area (TPSA) is 72.4 Å². The fraction of sp³-hybridized carbons (Fsp3) is 0.188. The molecule has 2 aromatic rings. The fourth-order valence-electron chi connectivity index (χ4n) is 2.12. The van der Waals surface area contributed by atoms with Crippen LogP contribution in [0.15, 0.2) is 53.0 Å². The monoisotopic (exact) mass is 347 g/mol. The second-order valence-electron chi connectivity index (χ2n) is 4.98. The van der Waals surface area contributed by atoms with Crippen molar-refractivity contribution in [3.05, 3.63) is 64.1 Å². The SMILES string of the molecule is NC(=O)CN(Cc1ccc(N)cc1)Cc1ccc(Br)cc1. The quantitative estimate of drug-likeness (QED) is 0.788. The lowest BCUT2D eigenvalue weighted by atomic mass is 10.1. The molecular weight excluding hydrogens is 330 g/mol. The van der Waals surface area contributed by atoms with Gasteiger partial charge in [0.1, 0.15) is 0 Å². The van der Waals surface area contributed by atoms with E-state index in [2.05, 4.69) is 15.9 Å². The number of amides is 1. The van der Waals surface area contributed by atoms with Crippen molar-refractivity contribution >= 4 is 27.5 Å². The highest BCUT2D eigenvalue weighted by atomic mass is 79.9. The molecule has 0 saturated carbocycles. The van der Waals surface area contributed by atoms with Gasteiger partial charge in [-0.2, -0.15) is 0 Å². The molecule has 0 spiro atoms. The van der Waals surface area contributed by atoms with Crippen LogP contribution in [0.2, 0.25) is 0 Å². The van der Waals surface area contributed by atoms with Crippen LogP contribution in [0.4, 0.5) is 5.69 Å². The fourth-order valence-corrected chi connectivity index (χ4v) is 2.38. The Morgan fingerprint density at radius 3 is 1.90 bits per heavy atom. The maximum atomic E-state index is 11.3. The van der Waals surface area contributed by atoms with Crippen molar-refractivity contribution in [1.29, 1.82) is 0 Å². The lowest BCUT2D eigenvalue weighted by Gasteiger charge is -2.21. The first-order valence-corrected chi connectivity index (χ1v) is 7.42. The third-order valence-electron chi connectivity index (χ3n) is 3.08. The molecule has 0 heterocycles. The third kappa shape index (κ3) is 5.21. The van der Waals surface area contributed by atoms with Crippen LogP contribution in [0.25, 0.3) is 0 Å². The Hall–Kier alpha value is -1.85. The summed E-state index contributed by atoms with van der Waals surface area (Å²) in [6, 6.07) is 15.7. The van der Waals surface area contributed by atoms with E-state index in [-0.39, 0.29) is 12.5 Å². The average Bonchev–Trinajstić information content (AvgIpc) is 2.43. The van der Waals surface area contributed by atoms with Crippen LogP contribution in [-0.4, -0.2) is 17.4 Å². The number of benzene rings is 2. The second kappa shape index (κ2) is 7.24. The predicted octanol–water partition coefficient (Wildman–Crippen LogP) is 2.52. The van der Waals surface area contributed by atoms with Gasteiger partial charge < -0.3 is 11.5 Å². The number of halogens is 1. The van der Waals surface area contributed by atoms with Crippen LogP contribution >= 0.6 is 15.9 Å². The van der Waals surface area contributed by atoms with Gasteiger partial charge in [-0.15, -0.1) is 0 Å². The average molecular weight is 348 g/mol. The minimum absolute atomic E-state index is 0.223. The summed E-state index contributed by atoms with van der Waals surface area (Å²) in [6.45, 7) is 1.54. The van der Waals surface area contributed by atoms with Crippen LogP contribution in [0.5, 0.6) is 0 Å². The molecule has 2 rings (SSSR count). The predicted molar refractivity (Wildman–Crippen MR) is 88.3 cm³/mol. The smallest absolute Gasteiger partial charge is 0.231 e. The molecule has 0 atom stereocenters. The van der Waals surface area contributed by atoms with Crippen molar-refractivity contribution in [2.75, 3.05) is 12.3 Å². The molecule has 21 heavy (non-hydrogen) atoms. The van der Waals surface area contributed by atoms with Gasteiger partial charge in [-0.1, -0.05) is 40.2 Å². The van der Waals surface area contributed by atoms with Crippen LogP contribution in [0.3, 0.4) is 0 Å². The highest BCUT2D eigenvalue weighted by Crippen LogP contribution is 2.14. The molecule has 110 valence electrons. The van der Waals surface area contributed by atoms with E-state index in [1.54, 1.807) is 0 Å². The summed E-state index contributed by atoms with van der Waals surface area (Å²) in [6.07, 6.45) is 0. The summed E-state index contributed by atoms with van der Waals surface area (Å²) in [5.74, 6) is -0.331. The van der Waals surface area contributed by atoms with Gasteiger partial charge in [0.25, 0.3) is 0 Å². The molecule has 0 bridgehead atoms. The minimum atomic E-state index is -0.331. The van der Waals surface area contributed by atoms with Gasteiger partial charge in [0.2, 0.25) is 5.91 Å². The first kappa shape index (κ1) is 15.5. The first-order chi connectivity index (χ1) is 10.0. The Bertz CT molecular complexity index is 548. The number of hydrogen-bond acceptors (Lipinski definition) is 3. The molecule has 2 aromatic carbocycles. The van der Waals surface area contributed by atoms with Crippen molar-refractivity contribution in [2.45, 2.75) is 13.1 Å². The molecule has 4 N–H and O–H groups in total. The van der Waals surface area contributed by atoms with E-state index >= 15 is 0 Å². The lowest BCUT2D eigenvalue weighted by Crippen LogP contribution is -2.33. The van der Waals surface area contributed by atoms with Gasteiger partial charge in [-0.05, 0) is 35.4 Å². The standard InChI is InChI=1S/C16H18BrN3O/c17-14-5-1-12(2-6-14)9-20(11-16(19)21)10-13-3-7-15(18)8-4-13/h1-8H,9-11,18H2,(H2,19,21). The summed E-state index contributed by atoms with van der Waals surface area (Å²) in [5.41, 5.74) is 14.0. The Kier molecular flexibility index (Phi) is 5.36. The van der Waals surface area contributed by atoms with Crippen molar-refractivity contribution < 1.29 is 4.79 Å². The molecule has 0 fully saturated rings. The van der Waals surface area contributed by atoms with Gasteiger partial charge in [-0.3, -0.25) is 9.69 Å². The molecule has 0 aliphatic rings. The minimum Gasteiger partial charge on any atom is -0.399 e. The zero-order valence-electron chi connectivity index (χ0n) is 11.6. The molecule has 0 saturated heterocycles. The first-order valence-electron chi connectivity index (χ1n) is 6.62. The maximum Gasteiger partial charge on any atom is 0.231 e. The van der Waals surface area contributed by atoms with Crippen LogP contribution in [0.1, 0.15) is 11.1 Å². The van der Waals surface area contributed by atoms with Crippen LogP contribution in [0, 0.1) is 0 Å². The molecule has 0 aliphatic heterocycles. The number of nitrogen functional groups attached to an aromatic ring is 1. The van der Waals surface area contributed by atoms with E-state index in [1.165, 1.54) is 0 Å². The summed E-state index contributed by atoms with van der Waals surface area (Å²) in [4.78, 5) is 13.3. The maximum absolute atomic E-state index is 11.3. The van der Waals surface area contributed by atoms with Crippen molar-refractivity contribution in [3.63, 3.8) is 0 Å². The molecule has 1 amide bonds. The number of anilines is 1. The number of carbonyl (C=O) groups is 1. The van der Waals surface area contributed by atoms with Crippen molar-refractivity contribution in [1.82, 2.24) is 4.90 Å². The molecule has 5 heteroatoms. The van der Waals surface area contributed by atoms with E-state index in [1.807, 2.05) is 53.4 Å². The van der Waals surface area contributed by atoms with Gasteiger partial charge in [0.05, 0.1) is 6.54 Å². The number of rotatable bonds is 6. The summed E-state index contributed by atoms with van der Waals surface area (Å²) < 4.78 is 1.03. The molecule has 0 unspecified atom stereocenters. The normalized spacial score (nSPS) is 10.8. The Morgan fingerprint density at radius 2 is 1.43 bits per heavy atom. The molecule has 0 aromatic heterocycles. The zero-order chi connectivity index (χ0) is 15.2. The van der Waals surface area contributed by atoms with E-state index in [0.717, 1.165) is 21.3 Å². The van der Waals surface area contributed by atoms with Gasteiger partial charge in [0.15, 0.2) is 0 Å². The highest BCUT2D eigenvalue weighted by Gasteiger charge is 2.10. The molecular formula is C16H18BrN3O. The Labute approximate surface area is 132 Å². The Morgan fingerprint density at radius 1 is 0.952 bits per heavy atom. The van der Waals surface area contributed by atoms with Crippen LogP contribution in [-0.2, 0) is 17.9 Å². The largest absolute Gasteiger partial charge is 0.399 e. The van der Waals surface area contributed by atoms with E-state index in [4.69, 9.17) is 11.5 Å². The van der Waals surface area contributed by atoms with Gasteiger partial charge >= 0.3 is 0 Å². The van der Waals surface area contributed by atoms with E-state index < -0.39 is 0 Å². The second-order valence-corrected chi connectivity index (χ2v) is 5.90. The van der Waals surface area contributed by atoms with Crippen molar-refractivity contribution in [2.24, 2.45) is 5.73 Å². The van der Waals surface area contributed by atoms with Crippen LogP contribution < -0.4 is 11.5 Å². The van der Waals surface area contributed by atoms with E-state index in [0.29, 0.717) is 13.1 Å². The number of nitrogens with two attached hydrogens (primary N) is 2. The number of hydrogen-bond donors (Lipinski definition) is 2. The molecule has 0 aliphatic carbocycles. The zero-order valence-corrected chi connectivity index (χ0v) is 13.2. The highest BCUT2D eigenvalue weighted by molar-refractivity contribution is 9.10. The summed E-state index contributed by atoms with van der Waals surface area (Å²) in [5, 5.41) is 0. The summed E-state index contributed by atoms with van der Waals surface area (Å²) >= 11 is 3.41. The molecule has 0 radical (unpaired) electrons. The summed E-state index contributed by atoms with van der Waals surface area (Å²) in [7, 11) is 0. The molecule has 4 nitrogen and oxygen atoms in total. The van der Waals surface area contributed by atoms with Gasteiger partial charge in [-0.25, -0.2) is 0 Å². The lowest BCUT2D eigenvalue weighted by molar-refractivity contribution is -0.119.